The number of aromatic nitrogens is 2. The highest BCUT2D eigenvalue weighted by atomic mass is 31.2. The first-order valence-electron chi connectivity index (χ1n) is 14.1. The summed E-state index contributed by atoms with van der Waals surface area (Å²) in [6.45, 7) is 0.979. The number of hydrogen-bond donors (Lipinski definition) is 3. The van der Waals surface area contributed by atoms with Gasteiger partial charge in [-0.2, -0.15) is 22.6 Å². The van der Waals surface area contributed by atoms with Gasteiger partial charge in [0.15, 0.2) is 6.10 Å². The second kappa shape index (κ2) is 13.8. The molecule has 12 nitrogen and oxygen atoms in total. The molecular weight excluding hydrogens is 653 g/mol. The summed E-state index contributed by atoms with van der Waals surface area (Å²) in [6.07, 6.45) is -14.8. The summed E-state index contributed by atoms with van der Waals surface area (Å²) in [5.74, 6) is -2.59. The number of aromatic amines is 1. The number of halogens is 4. The fraction of sp³-hybridized carbons (Fsp3) is 0.300. The number of aliphatic hydroxyl groups excluding tert-OH is 1. The van der Waals surface area contributed by atoms with Crippen molar-refractivity contribution in [3.63, 3.8) is 0 Å². The quantitative estimate of drug-likeness (QED) is 0.118. The van der Waals surface area contributed by atoms with Crippen molar-refractivity contribution < 1.29 is 50.5 Å². The van der Waals surface area contributed by atoms with Crippen molar-refractivity contribution in [3.05, 3.63) is 111 Å². The van der Waals surface area contributed by atoms with E-state index in [0.29, 0.717) is 27.1 Å². The summed E-state index contributed by atoms with van der Waals surface area (Å²) in [7, 11) is -5.24. The van der Waals surface area contributed by atoms with E-state index < -0.39 is 74.0 Å². The van der Waals surface area contributed by atoms with Crippen LogP contribution in [0.3, 0.4) is 0 Å². The van der Waals surface area contributed by atoms with Crippen LogP contribution in [-0.2, 0) is 30.0 Å². The van der Waals surface area contributed by atoms with Crippen molar-refractivity contribution in [2.24, 2.45) is 0 Å². The number of ether oxygens (including phenoxy) is 2. The molecule has 0 saturated carbocycles. The van der Waals surface area contributed by atoms with Crippen LogP contribution in [0.25, 0.3) is 10.8 Å². The number of rotatable bonds is 11. The van der Waals surface area contributed by atoms with Gasteiger partial charge in [-0.3, -0.25) is 23.7 Å². The minimum Gasteiger partial charge on any atom is -0.460 e. The molecule has 1 aliphatic heterocycles. The number of H-pyrrole nitrogens is 1. The maximum absolute atomic E-state index is 14.6. The molecule has 3 N–H and O–H groups in total. The molecule has 0 aliphatic carbocycles. The predicted molar refractivity (Wildman–Crippen MR) is 158 cm³/mol. The molecule has 1 saturated heterocycles. The zero-order chi connectivity index (χ0) is 33.9. The van der Waals surface area contributed by atoms with Gasteiger partial charge < -0.3 is 19.1 Å². The van der Waals surface area contributed by atoms with Crippen molar-refractivity contribution in [1.29, 1.82) is 0 Å². The van der Waals surface area contributed by atoms with E-state index in [4.69, 9.17) is 18.5 Å². The summed E-state index contributed by atoms with van der Waals surface area (Å²) in [5, 5.41) is 13.8. The zero-order valence-corrected chi connectivity index (χ0v) is 25.3. The lowest BCUT2D eigenvalue weighted by molar-refractivity contribution is -0.237. The first-order valence-corrected chi connectivity index (χ1v) is 15.6. The number of alkyl halides is 3. The topological polar surface area (TPSA) is 158 Å². The molecule has 1 fully saturated rings. The van der Waals surface area contributed by atoms with Crippen molar-refractivity contribution in [3.8, 4) is 5.75 Å². The second-order valence-electron chi connectivity index (χ2n) is 10.6. The van der Waals surface area contributed by atoms with Crippen LogP contribution in [0.2, 0.25) is 0 Å². The Hall–Kier alpha value is -4.34. The van der Waals surface area contributed by atoms with Crippen LogP contribution in [0.4, 0.5) is 17.6 Å². The van der Waals surface area contributed by atoms with E-state index in [1.807, 2.05) is 0 Å². The SMILES string of the molecule is C[C@H](N[P@](=O)(Oc1cccc2ccccc12)O[C@@H]([C@H]1O[C@@H](n2cc(F)c(=O)[nH]c2=O)CC1O)C(F)(F)F)C(=O)OCc1ccccc1. The summed E-state index contributed by atoms with van der Waals surface area (Å²) in [4.78, 5) is 38.2. The van der Waals surface area contributed by atoms with Crippen molar-refractivity contribution in [2.45, 2.75) is 56.7 Å². The van der Waals surface area contributed by atoms with Crippen LogP contribution in [-0.4, -0.2) is 51.2 Å². The van der Waals surface area contributed by atoms with Gasteiger partial charge in [-0.15, -0.1) is 0 Å². The maximum atomic E-state index is 14.6. The molecule has 0 spiro atoms. The third kappa shape index (κ3) is 7.97. The van der Waals surface area contributed by atoms with E-state index in [0.717, 1.165) is 0 Å². The fourth-order valence-electron chi connectivity index (χ4n) is 4.88. The molecule has 5 rings (SSSR count). The number of hydrogen-bond acceptors (Lipinski definition) is 9. The fourth-order valence-corrected chi connectivity index (χ4v) is 6.57. The molecule has 47 heavy (non-hydrogen) atoms. The number of nitrogens with one attached hydrogen (secondary N) is 2. The first-order chi connectivity index (χ1) is 22.2. The average molecular weight is 682 g/mol. The second-order valence-corrected chi connectivity index (χ2v) is 12.2. The van der Waals surface area contributed by atoms with Crippen LogP contribution < -0.4 is 20.9 Å². The normalized spacial score (nSPS) is 20.8. The highest BCUT2D eigenvalue weighted by Gasteiger charge is 2.56. The molecule has 17 heteroatoms. The van der Waals surface area contributed by atoms with Gasteiger partial charge in [0.2, 0.25) is 5.82 Å². The van der Waals surface area contributed by atoms with Crippen LogP contribution in [0, 0.1) is 5.82 Å². The monoisotopic (exact) mass is 681 g/mol. The van der Waals surface area contributed by atoms with Gasteiger partial charge in [0.25, 0.3) is 5.56 Å². The first kappa shape index (κ1) is 34.0. The van der Waals surface area contributed by atoms with Gasteiger partial charge in [-0.05, 0) is 23.9 Å². The lowest BCUT2D eigenvalue weighted by atomic mass is 10.1. The van der Waals surface area contributed by atoms with Crippen molar-refractivity contribution in [1.82, 2.24) is 14.6 Å². The Kier molecular flexibility index (Phi) is 9.98. The van der Waals surface area contributed by atoms with Crippen LogP contribution in [0.1, 0.15) is 25.1 Å². The summed E-state index contributed by atoms with van der Waals surface area (Å²) in [5.41, 5.74) is -1.97. The minimum absolute atomic E-state index is 0.161. The molecule has 3 aromatic carbocycles. The Morgan fingerprint density at radius 1 is 1.11 bits per heavy atom. The van der Waals surface area contributed by atoms with Gasteiger partial charge in [0.1, 0.15) is 30.7 Å². The third-order valence-corrected chi connectivity index (χ3v) is 8.79. The van der Waals surface area contributed by atoms with Crippen molar-refractivity contribution in [2.75, 3.05) is 0 Å². The Labute approximate surface area is 263 Å². The molecule has 0 bridgehead atoms. The molecule has 4 aromatic rings. The lowest BCUT2D eigenvalue weighted by Crippen LogP contribution is -2.48. The molecule has 2 heterocycles. The van der Waals surface area contributed by atoms with Gasteiger partial charge >= 0.3 is 25.6 Å². The van der Waals surface area contributed by atoms with Crippen molar-refractivity contribution >= 4 is 24.5 Å². The summed E-state index contributed by atoms with van der Waals surface area (Å²) in [6, 6.07) is 18.0. The van der Waals surface area contributed by atoms with Gasteiger partial charge in [0.05, 0.1) is 12.3 Å². The number of fused-ring (bicyclic) bond motifs is 1. The number of carbonyl (C=O) groups is 1. The Morgan fingerprint density at radius 2 is 1.79 bits per heavy atom. The average Bonchev–Trinajstić information content (AvgIpc) is 3.41. The standard InChI is InChI=1S/C30H28F4N3O9P/c1-17(28(40)43-16-18-8-3-2-4-9-18)36-47(42,45-23-13-7-11-19-10-5-6-12-20(19)23)46-26(30(32,33)34)25-22(38)14-24(44-25)37-15-21(31)27(39)35-29(37)41/h2-13,15,17,22,24-26,38H,14,16H2,1H3,(H,36,42)(H,35,39,41)/t17-,22?,24+,25-,26-,47-/m0/s1. The van der Waals surface area contributed by atoms with Crippen LogP contribution in [0.5, 0.6) is 5.75 Å². The van der Waals surface area contributed by atoms with Gasteiger partial charge in [-0.25, -0.2) is 9.36 Å². The number of benzene rings is 3. The number of nitrogens with zero attached hydrogens (tertiary/aromatic N) is 1. The Morgan fingerprint density at radius 3 is 2.51 bits per heavy atom. The molecule has 1 aliphatic rings. The zero-order valence-electron chi connectivity index (χ0n) is 24.4. The number of carbonyl (C=O) groups excluding carboxylic acids is 1. The Balaban J connectivity index is 1.45. The Bertz CT molecular complexity index is 1900. The lowest BCUT2D eigenvalue weighted by Gasteiger charge is -2.32. The van der Waals surface area contributed by atoms with E-state index in [9.17, 15) is 41.6 Å². The largest absolute Gasteiger partial charge is 0.460 e. The number of esters is 1. The van der Waals surface area contributed by atoms with Crippen LogP contribution >= 0.6 is 7.75 Å². The summed E-state index contributed by atoms with van der Waals surface area (Å²) < 4.78 is 93.8. The van der Waals surface area contributed by atoms with Crippen LogP contribution in [0.15, 0.2) is 88.6 Å². The molecular formula is C30H28F4N3O9P. The predicted octanol–water partition coefficient (Wildman–Crippen LogP) is 4.33. The summed E-state index contributed by atoms with van der Waals surface area (Å²) >= 11 is 0. The molecule has 1 unspecified atom stereocenters. The van der Waals surface area contributed by atoms with E-state index in [1.165, 1.54) is 19.1 Å². The van der Waals surface area contributed by atoms with E-state index >= 15 is 0 Å². The molecule has 1 aromatic heterocycles. The van der Waals surface area contributed by atoms with Gasteiger partial charge in [0, 0.05) is 11.8 Å². The van der Waals surface area contributed by atoms with E-state index in [1.54, 1.807) is 65.6 Å². The molecule has 6 atom stereocenters. The third-order valence-electron chi connectivity index (χ3n) is 7.14. The molecule has 0 radical (unpaired) electrons. The van der Waals surface area contributed by atoms with Gasteiger partial charge in [-0.1, -0.05) is 66.7 Å². The number of aliphatic hydroxyl groups is 1. The highest BCUT2D eigenvalue weighted by Crippen LogP contribution is 2.51. The highest BCUT2D eigenvalue weighted by molar-refractivity contribution is 7.52. The minimum atomic E-state index is -5.38. The van der Waals surface area contributed by atoms with E-state index in [2.05, 4.69) is 5.09 Å². The molecule has 0 amide bonds. The maximum Gasteiger partial charge on any atom is 0.460 e. The smallest absolute Gasteiger partial charge is 0.460 e. The van der Waals surface area contributed by atoms with E-state index in [-0.39, 0.29) is 12.4 Å². The molecule has 250 valence electrons.